The Bertz CT molecular complexity index is 3050. The Morgan fingerprint density at radius 3 is 1.59 bits per heavy atom. The minimum Gasteiger partial charge on any atom is -0.478 e. The Morgan fingerprint density at radius 2 is 1.19 bits per heavy atom. The molecule has 0 unspecified atom stereocenters. The summed E-state index contributed by atoms with van der Waals surface area (Å²) in [4.78, 5) is 55.2. The molecule has 2 fully saturated rings. The standard InChI is InChI=1S/C22H17F3N8O3S.C17H10F3N7O3S/c23-22(24,25)20-29-18(31-36-20)15-2-1-14(37-15)10-32(17-9-26-4-5-27-17)16-7-13(8-28-30-16)19(34)33-6-3-21(33)11-35-12-21;18-17(19,20)16-24-14(26-30-16)11-2-1-10(31-11)8-27(13-7-21-3-4-22-13)12-5-9(15(28)29)6-23-25-12/h1-2,4-5,7-9H,3,6,10-12H2;1-7H,8H2,(H,28,29). The summed E-state index contributed by atoms with van der Waals surface area (Å²) in [5.74, 6) is -3.14. The molecular formula is C39H27F6N15O6S2. The number of carbonyl (C=O) groups excluding carboxylic acids is 1. The molecule has 2 saturated heterocycles. The number of amides is 1. The SMILES string of the molecule is O=C(O)c1cnnc(N(Cc2ccc(-c3noc(C(F)(F)F)n3)s2)c2cnccn2)c1.O=C(c1cnnc(N(Cc2ccc(-c3noc(C(F)(F)F)n3)s2)c2cnccn2)c1)N1CCC12COC2. The van der Waals surface area contributed by atoms with Crippen molar-refractivity contribution < 1.29 is 54.8 Å². The highest BCUT2D eigenvalue weighted by Gasteiger charge is 2.53. The van der Waals surface area contributed by atoms with Crippen LogP contribution in [0.1, 0.15) is 48.7 Å². The van der Waals surface area contributed by atoms with Crippen LogP contribution in [0.15, 0.2) is 95.0 Å². The van der Waals surface area contributed by atoms with Crippen LogP contribution in [0, 0.1) is 0 Å². The number of nitrogens with zero attached hydrogens (tertiary/aromatic N) is 15. The number of hydrogen-bond donors (Lipinski definition) is 1. The first-order valence-corrected chi connectivity index (χ1v) is 21.1. The topological polar surface area (TPSA) is 254 Å². The molecule has 10 rings (SSSR count). The van der Waals surface area contributed by atoms with Crippen molar-refractivity contribution in [2.45, 2.75) is 37.4 Å². The van der Waals surface area contributed by atoms with Crippen molar-refractivity contribution in [2.24, 2.45) is 0 Å². The predicted octanol–water partition coefficient (Wildman–Crippen LogP) is 6.78. The molecular weight excluding hydrogens is 953 g/mol. The number of carboxylic acids is 1. The van der Waals surface area contributed by atoms with E-state index < -0.39 is 30.1 Å². The third-order valence-corrected chi connectivity index (χ3v) is 12.2. The van der Waals surface area contributed by atoms with E-state index >= 15 is 0 Å². The molecule has 1 amide bonds. The highest BCUT2D eigenvalue weighted by atomic mass is 32.1. The van der Waals surface area contributed by atoms with Crippen LogP contribution in [0.2, 0.25) is 0 Å². The van der Waals surface area contributed by atoms with Gasteiger partial charge in [-0.15, -0.1) is 32.9 Å². The van der Waals surface area contributed by atoms with E-state index in [1.165, 1.54) is 60.8 Å². The lowest BCUT2D eigenvalue weighted by atomic mass is 9.82. The van der Waals surface area contributed by atoms with Crippen LogP contribution in [0.25, 0.3) is 21.4 Å². The second-order valence-corrected chi connectivity index (χ2v) is 16.8. The molecule has 1 spiro atoms. The molecule has 8 aromatic rings. The second-order valence-electron chi connectivity index (χ2n) is 14.5. The minimum atomic E-state index is -4.73. The van der Waals surface area contributed by atoms with E-state index in [0.29, 0.717) is 57.4 Å². The second kappa shape index (κ2) is 18.4. The van der Waals surface area contributed by atoms with Crippen molar-refractivity contribution in [1.29, 1.82) is 0 Å². The number of carboxylic acid groups (broad SMARTS) is 1. The first-order chi connectivity index (χ1) is 32.6. The van der Waals surface area contributed by atoms with Crippen molar-refractivity contribution in [1.82, 2.24) is 65.5 Å². The van der Waals surface area contributed by atoms with E-state index in [-0.39, 0.29) is 47.6 Å². The van der Waals surface area contributed by atoms with Gasteiger partial charge in [0.1, 0.15) is 0 Å². The average Bonchev–Trinajstić information content (AvgIpc) is 4.15. The number of aromatic nitrogens is 12. The fourth-order valence-corrected chi connectivity index (χ4v) is 8.48. The van der Waals surface area contributed by atoms with Gasteiger partial charge < -0.3 is 33.6 Å². The molecule has 0 saturated carbocycles. The number of ether oxygens (including phenoxy) is 1. The molecule has 8 aromatic heterocycles. The molecule has 0 aliphatic carbocycles. The Kier molecular flexibility index (Phi) is 12.2. The van der Waals surface area contributed by atoms with Crippen molar-refractivity contribution in [3.8, 4) is 21.4 Å². The molecule has 2 aliphatic heterocycles. The van der Waals surface area contributed by atoms with Crippen LogP contribution in [0.4, 0.5) is 49.6 Å². The highest BCUT2D eigenvalue weighted by Crippen LogP contribution is 2.39. The van der Waals surface area contributed by atoms with Crippen LogP contribution in [0.3, 0.4) is 0 Å². The van der Waals surface area contributed by atoms with Crippen LogP contribution in [0.5, 0.6) is 0 Å². The Labute approximate surface area is 384 Å². The normalized spacial score (nSPS) is 14.1. The number of likely N-dealkylation sites (tertiary alicyclic amines) is 1. The molecule has 29 heteroatoms. The summed E-state index contributed by atoms with van der Waals surface area (Å²) < 4.78 is 90.5. The molecule has 1 N–H and O–H groups in total. The maximum atomic E-state index is 13.2. The first kappa shape index (κ1) is 45.2. The maximum Gasteiger partial charge on any atom is 0.471 e. The van der Waals surface area contributed by atoms with E-state index in [1.807, 2.05) is 0 Å². The largest absolute Gasteiger partial charge is 0.478 e. The smallest absolute Gasteiger partial charge is 0.471 e. The fourth-order valence-electron chi connectivity index (χ4n) is 6.63. The van der Waals surface area contributed by atoms with E-state index in [9.17, 15) is 41.0 Å². The van der Waals surface area contributed by atoms with Crippen LogP contribution in [-0.4, -0.2) is 108 Å². The number of halogens is 6. The first-order valence-electron chi connectivity index (χ1n) is 19.5. The summed E-state index contributed by atoms with van der Waals surface area (Å²) in [6, 6.07) is 9.53. The summed E-state index contributed by atoms with van der Waals surface area (Å²) in [5, 5.41) is 32.0. The maximum absolute atomic E-state index is 13.2. The zero-order chi connectivity index (χ0) is 47.6. The van der Waals surface area contributed by atoms with Gasteiger partial charge in [0, 0.05) is 41.1 Å². The average molecular weight is 980 g/mol. The van der Waals surface area contributed by atoms with E-state index in [4.69, 9.17) is 4.74 Å². The summed E-state index contributed by atoms with van der Waals surface area (Å²) >= 11 is 2.32. The molecule has 21 nitrogen and oxygen atoms in total. The van der Waals surface area contributed by atoms with Gasteiger partial charge >= 0.3 is 30.1 Å². The summed E-state index contributed by atoms with van der Waals surface area (Å²) in [7, 11) is 0. The monoisotopic (exact) mass is 979 g/mol. The molecule has 2 aliphatic rings. The van der Waals surface area contributed by atoms with Gasteiger partial charge in [-0.3, -0.25) is 14.8 Å². The quantitative estimate of drug-likeness (QED) is 0.124. The Balaban J connectivity index is 0.000000173. The number of rotatable bonds is 12. The van der Waals surface area contributed by atoms with Crippen molar-refractivity contribution >= 4 is 57.8 Å². The van der Waals surface area contributed by atoms with E-state index in [2.05, 4.69) is 69.7 Å². The van der Waals surface area contributed by atoms with Gasteiger partial charge in [0.25, 0.3) is 5.91 Å². The summed E-state index contributed by atoms with van der Waals surface area (Å²) in [6.45, 7) is 2.09. The molecule has 0 aromatic carbocycles. The molecule has 68 heavy (non-hydrogen) atoms. The summed E-state index contributed by atoms with van der Waals surface area (Å²) in [6.07, 6.45) is 2.93. The van der Waals surface area contributed by atoms with Crippen LogP contribution < -0.4 is 9.80 Å². The molecule has 0 radical (unpaired) electrons. The number of carbonyl (C=O) groups is 2. The predicted molar refractivity (Wildman–Crippen MR) is 221 cm³/mol. The fraction of sp³-hybridized carbons (Fsp3) is 0.231. The van der Waals surface area contributed by atoms with Gasteiger partial charge in [-0.2, -0.15) is 46.5 Å². The number of anilines is 4. The highest BCUT2D eigenvalue weighted by molar-refractivity contribution is 7.15. The third kappa shape index (κ3) is 9.64. The van der Waals surface area contributed by atoms with E-state index in [0.717, 1.165) is 28.8 Å². The van der Waals surface area contributed by atoms with Crippen molar-refractivity contribution in [3.63, 3.8) is 0 Å². The Morgan fingerprint density at radius 1 is 0.691 bits per heavy atom. The van der Waals surface area contributed by atoms with Crippen molar-refractivity contribution in [3.05, 3.63) is 119 Å². The van der Waals surface area contributed by atoms with Gasteiger partial charge in [-0.1, -0.05) is 10.3 Å². The van der Waals surface area contributed by atoms with Gasteiger partial charge in [0.2, 0.25) is 11.6 Å². The van der Waals surface area contributed by atoms with Gasteiger partial charge in [-0.25, -0.2) is 14.8 Å². The number of thiophene rings is 2. The summed E-state index contributed by atoms with van der Waals surface area (Å²) in [5.41, 5.74) is 0.0834. The van der Waals surface area contributed by atoms with E-state index in [1.54, 1.807) is 45.0 Å². The van der Waals surface area contributed by atoms with Crippen LogP contribution >= 0.6 is 22.7 Å². The van der Waals surface area contributed by atoms with Gasteiger partial charge in [0.15, 0.2) is 23.3 Å². The van der Waals surface area contributed by atoms with Gasteiger partial charge in [-0.05, 0) is 42.8 Å². The molecule has 10 heterocycles. The van der Waals surface area contributed by atoms with Crippen LogP contribution in [-0.2, 0) is 30.2 Å². The Hall–Kier alpha value is -7.92. The number of hydrogen-bond acceptors (Lipinski definition) is 21. The lowest BCUT2D eigenvalue weighted by Gasteiger charge is -2.57. The third-order valence-electron chi connectivity index (χ3n) is 10.1. The lowest BCUT2D eigenvalue weighted by Crippen LogP contribution is -2.72. The zero-order valence-corrected chi connectivity index (χ0v) is 35.7. The zero-order valence-electron chi connectivity index (χ0n) is 34.1. The lowest BCUT2D eigenvalue weighted by molar-refractivity contribution is -0.172. The molecule has 0 atom stereocenters. The van der Waals surface area contributed by atoms with Gasteiger partial charge in [0.05, 0.1) is 77.5 Å². The molecule has 0 bridgehead atoms. The molecule has 348 valence electrons. The number of aromatic carboxylic acids is 1. The van der Waals surface area contributed by atoms with Crippen molar-refractivity contribution in [2.75, 3.05) is 29.6 Å². The number of alkyl halides is 6. The minimum absolute atomic E-state index is 0.0720.